The third kappa shape index (κ3) is 4.06. The van der Waals surface area contributed by atoms with Crippen LogP contribution in [0.4, 0.5) is 0 Å². The topological polar surface area (TPSA) is 80.8 Å². The van der Waals surface area contributed by atoms with Crippen molar-refractivity contribution >= 4 is 17.7 Å². The highest BCUT2D eigenvalue weighted by atomic mass is 32.2. The fraction of sp³-hybridized carbons (Fsp3) is 0.333. The summed E-state index contributed by atoms with van der Waals surface area (Å²) in [6.45, 7) is 2.23. The molecule has 0 saturated carbocycles. The van der Waals surface area contributed by atoms with Crippen LogP contribution in [0.25, 0.3) is 11.4 Å². The standard InChI is InChI=1S/C12H14N4O2S/c1-2-18-11(17)8-19-7-9-3-5-10(6-4-9)12-13-15-16-14-12/h3-6H,2,7-8H2,1H3,(H,13,14,15,16). The lowest BCUT2D eigenvalue weighted by Gasteiger charge is -2.03. The van der Waals surface area contributed by atoms with Crippen LogP contribution < -0.4 is 0 Å². The Morgan fingerprint density at radius 3 is 2.79 bits per heavy atom. The number of thioether (sulfide) groups is 1. The van der Waals surface area contributed by atoms with Crippen molar-refractivity contribution in [1.29, 1.82) is 0 Å². The highest BCUT2D eigenvalue weighted by molar-refractivity contribution is 7.99. The van der Waals surface area contributed by atoms with Gasteiger partial charge in [-0.15, -0.1) is 22.0 Å². The third-order valence-corrected chi connectivity index (χ3v) is 3.33. The molecular formula is C12H14N4O2S. The summed E-state index contributed by atoms with van der Waals surface area (Å²) < 4.78 is 4.86. The zero-order chi connectivity index (χ0) is 13.5. The predicted octanol–water partition coefficient (Wildman–Crippen LogP) is 1.66. The van der Waals surface area contributed by atoms with Gasteiger partial charge in [0.1, 0.15) is 0 Å². The van der Waals surface area contributed by atoms with Crippen molar-refractivity contribution in [3.8, 4) is 11.4 Å². The molecular weight excluding hydrogens is 264 g/mol. The van der Waals surface area contributed by atoms with Gasteiger partial charge in [0.2, 0.25) is 5.82 Å². The van der Waals surface area contributed by atoms with E-state index in [1.54, 1.807) is 6.92 Å². The van der Waals surface area contributed by atoms with E-state index >= 15 is 0 Å². The Bertz CT molecular complexity index is 513. The number of ether oxygens (including phenoxy) is 1. The van der Waals surface area contributed by atoms with Crippen molar-refractivity contribution in [2.75, 3.05) is 12.4 Å². The molecule has 0 fully saturated rings. The SMILES string of the molecule is CCOC(=O)CSCc1ccc(-c2nn[nH]n2)cc1. The Labute approximate surface area is 114 Å². The molecule has 100 valence electrons. The summed E-state index contributed by atoms with van der Waals surface area (Å²) in [5.41, 5.74) is 2.05. The summed E-state index contributed by atoms with van der Waals surface area (Å²) >= 11 is 1.53. The second-order valence-corrected chi connectivity index (χ2v) is 4.72. The molecule has 2 rings (SSSR count). The van der Waals surface area contributed by atoms with Gasteiger partial charge in [-0.3, -0.25) is 4.79 Å². The predicted molar refractivity (Wildman–Crippen MR) is 72.4 cm³/mol. The Morgan fingerprint density at radius 2 is 2.16 bits per heavy atom. The third-order valence-electron chi connectivity index (χ3n) is 2.35. The number of aromatic amines is 1. The molecule has 0 aliphatic rings. The smallest absolute Gasteiger partial charge is 0.315 e. The van der Waals surface area contributed by atoms with Crippen molar-refractivity contribution in [2.45, 2.75) is 12.7 Å². The van der Waals surface area contributed by atoms with E-state index < -0.39 is 0 Å². The largest absolute Gasteiger partial charge is 0.465 e. The molecule has 0 unspecified atom stereocenters. The summed E-state index contributed by atoms with van der Waals surface area (Å²) in [4.78, 5) is 11.2. The van der Waals surface area contributed by atoms with Gasteiger partial charge < -0.3 is 4.74 Å². The van der Waals surface area contributed by atoms with Gasteiger partial charge in [-0.25, -0.2) is 0 Å². The fourth-order valence-corrected chi connectivity index (χ4v) is 2.27. The molecule has 0 atom stereocenters. The first kappa shape index (κ1) is 13.5. The number of tetrazole rings is 1. The number of nitrogens with one attached hydrogen (secondary N) is 1. The van der Waals surface area contributed by atoms with Crippen LogP contribution in [0.1, 0.15) is 12.5 Å². The van der Waals surface area contributed by atoms with Crippen LogP contribution >= 0.6 is 11.8 Å². The van der Waals surface area contributed by atoms with Gasteiger partial charge >= 0.3 is 5.97 Å². The number of carbonyl (C=O) groups is 1. The monoisotopic (exact) mass is 278 g/mol. The molecule has 6 nitrogen and oxygen atoms in total. The Kier molecular flexibility index (Phi) is 4.91. The molecule has 0 aliphatic carbocycles. The van der Waals surface area contributed by atoms with Crippen LogP contribution in [-0.2, 0) is 15.3 Å². The van der Waals surface area contributed by atoms with Crippen LogP contribution in [0.2, 0.25) is 0 Å². The normalized spacial score (nSPS) is 10.4. The lowest BCUT2D eigenvalue weighted by atomic mass is 10.1. The number of hydrogen-bond donors (Lipinski definition) is 1. The minimum Gasteiger partial charge on any atom is -0.465 e. The minimum atomic E-state index is -0.170. The second-order valence-electron chi connectivity index (χ2n) is 3.73. The molecule has 7 heteroatoms. The maximum Gasteiger partial charge on any atom is 0.315 e. The lowest BCUT2D eigenvalue weighted by Crippen LogP contribution is -2.06. The number of H-pyrrole nitrogens is 1. The number of rotatable bonds is 6. The van der Waals surface area contributed by atoms with E-state index in [2.05, 4.69) is 20.6 Å². The highest BCUT2D eigenvalue weighted by Crippen LogP contribution is 2.17. The van der Waals surface area contributed by atoms with Crippen LogP contribution in [0, 0.1) is 0 Å². The van der Waals surface area contributed by atoms with E-state index in [1.807, 2.05) is 24.3 Å². The lowest BCUT2D eigenvalue weighted by molar-refractivity contribution is -0.139. The molecule has 1 heterocycles. The first-order valence-electron chi connectivity index (χ1n) is 5.85. The molecule has 1 aromatic carbocycles. The fourth-order valence-electron chi connectivity index (χ4n) is 1.49. The molecule has 1 aromatic heterocycles. The molecule has 0 aliphatic heterocycles. The van der Waals surface area contributed by atoms with E-state index in [0.717, 1.165) is 16.9 Å². The van der Waals surface area contributed by atoms with Crippen molar-refractivity contribution in [2.24, 2.45) is 0 Å². The first-order chi connectivity index (χ1) is 9.29. The van der Waals surface area contributed by atoms with Gasteiger partial charge in [-0.05, 0) is 17.7 Å². The summed E-state index contributed by atoms with van der Waals surface area (Å²) in [6.07, 6.45) is 0. The van der Waals surface area contributed by atoms with Gasteiger partial charge in [0.05, 0.1) is 12.4 Å². The number of aromatic nitrogens is 4. The van der Waals surface area contributed by atoms with Crippen LogP contribution in [0.5, 0.6) is 0 Å². The van der Waals surface area contributed by atoms with Crippen LogP contribution in [-0.4, -0.2) is 39.0 Å². The molecule has 0 saturated heterocycles. The maximum atomic E-state index is 11.2. The zero-order valence-corrected chi connectivity index (χ0v) is 11.3. The van der Waals surface area contributed by atoms with Gasteiger partial charge in [-0.1, -0.05) is 24.3 Å². The van der Waals surface area contributed by atoms with Crippen molar-refractivity contribution in [3.63, 3.8) is 0 Å². The van der Waals surface area contributed by atoms with Crippen LogP contribution in [0.3, 0.4) is 0 Å². The second kappa shape index (κ2) is 6.89. The molecule has 0 radical (unpaired) electrons. The Morgan fingerprint density at radius 1 is 1.37 bits per heavy atom. The maximum absolute atomic E-state index is 11.2. The van der Waals surface area contributed by atoms with E-state index in [9.17, 15) is 4.79 Å². The molecule has 1 N–H and O–H groups in total. The van der Waals surface area contributed by atoms with Crippen molar-refractivity contribution in [3.05, 3.63) is 29.8 Å². The summed E-state index contributed by atoms with van der Waals surface area (Å²) in [5.74, 6) is 1.55. The Balaban J connectivity index is 1.84. The van der Waals surface area contributed by atoms with E-state index in [-0.39, 0.29) is 5.97 Å². The quantitative estimate of drug-likeness (QED) is 0.809. The molecule has 0 spiro atoms. The average Bonchev–Trinajstić information content (AvgIpc) is 2.94. The number of hydrogen-bond acceptors (Lipinski definition) is 6. The summed E-state index contributed by atoms with van der Waals surface area (Å²) in [6, 6.07) is 7.85. The average molecular weight is 278 g/mol. The minimum absolute atomic E-state index is 0.170. The number of esters is 1. The van der Waals surface area contributed by atoms with Gasteiger partial charge in [-0.2, -0.15) is 5.21 Å². The molecule has 19 heavy (non-hydrogen) atoms. The zero-order valence-electron chi connectivity index (χ0n) is 10.5. The van der Waals surface area contributed by atoms with Gasteiger partial charge in [0.15, 0.2) is 0 Å². The number of nitrogens with zero attached hydrogens (tertiary/aromatic N) is 3. The number of benzene rings is 1. The summed E-state index contributed by atoms with van der Waals surface area (Å²) in [7, 11) is 0. The van der Waals surface area contributed by atoms with E-state index in [4.69, 9.17) is 4.74 Å². The van der Waals surface area contributed by atoms with Crippen molar-refractivity contribution < 1.29 is 9.53 Å². The Hall–Kier alpha value is -1.89. The number of carbonyl (C=O) groups excluding carboxylic acids is 1. The first-order valence-corrected chi connectivity index (χ1v) is 7.01. The highest BCUT2D eigenvalue weighted by Gasteiger charge is 2.04. The van der Waals surface area contributed by atoms with Gasteiger partial charge in [0.25, 0.3) is 0 Å². The molecule has 0 amide bonds. The van der Waals surface area contributed by atoms with E-state index in [1.165, 1.54) is 11.8 Å². The van der Waals surface area contributed by atoms with Crippen molar-refractivity contribution in [1.82, 2.24) is 20.6 Å². The summed E-state index contributed by atoms with van der Waals surface area (Å²) in [5, 5.41) is 13.7. The van der Waals surface area contributed by atoms with Crippen LogP contribution in [0.15, 0.2) is 24.3 Å². The molecule has 2 aromatic rings. The molecule has 0 bridgehead atoms. The van der Waals surface area contributed by atoms with E-state index in [0.29, 0.717) is 18.2 Å². The van der Waals surface area contributed by atoms with Gasteiger partial charge in [0, 0.05) is 11.3 Å².